The minimum atomic E-state index is 0.113. The molecule has 1 aliphatic rings. The topological polar surface area (TPSA) is 35.5 Å². The number of carbonyl (C=O) groups is 1. The molecule has 0 saturated carbocycles. The molecule has 0 saturated heterocycles. The Balaban J connectivity index is 2.33. The molecule has 0 aliphatic carbocycles. The molecule has 0 bridgehead atoms. The van der Waals surface area contributed by atoms with Gasteiger partial charge < -0.3 is 9.47 Å². The lowest BCUT2D eigenvalue weighted by Gasteiger charge is -2.18. The lowest BCUT2D eigenvalue weighted by atomic mass is 10.1. The minimum Gasteiger partial charge on any atom is -0.486 e. The summed E-state index contributed by atoms with van der Waals surface area (Å²) in [7, 11) is 0. The van der Waals surface area contributed by atoms with Crippen molar-refractivity contribution in [2.24, 2.45) is 0 Å². The second kappa shape index (κ2) is 4.16. The van der Waals surface area contributed by atoms with E-state index in [2.05, 4.69) is 22.6 Å². The molecule has 0 fully saturated rings. The lowest BCUT2D eigenvalue weighted by molar-refractivity contribution is 0.102. The van der Waals surface area contributed by atoms with Crippen molar-refractivity contribution in [1.82, 2.24) is 0 Å². The summed E-state index contributed by atoms with van der Waals surface area (Å²) in [6, 6.07) is 5.30. The van der Waals surface area contributed by atoms with Crippen LogP contribution in [0.1, 0.15) is 10.4 Å². The number of hydrogen-bond acceptors (Lipinski definition) is 3. The van der Waals surface area contributed by atoms with Gasteiger partial charge in [0.05, 0.1) is 4.43 Å². The summed E-state index contributed by atoms with van der Waals surface area (Å²) in [6.07, 6.45) is 0. The van der Waals surface area contributed by atoms with Gasteiger partial charge in [-0.2, -0.15) is 0 Å². The minimum absolute atomic E-state index is 0.113. The molecule has 0 radical (unpaired) electrons. The summed E-state index contributed by atoms with van der Waals surface area (Å²) in [5.41, 5.74) is 0.684. The first-order valence-electron chi connectivity index (χ1n) is 4.30. The predicted molar refractivity (Wildman–Crippen MR) is 60.6 cm³/mol. The monoisotopic (exact) mass is 304 g/mol. The molecule has 0 N–H and O–H groups in total. The van der Waals surface area contributed by atoms with Gasteiger partial charge in [-0.15, -0.1) is 0 Å². The standard InChI is InChI=1S/C10H9IO3/c11-6-8(12)7-1-2-9-10(5-7)14-4-3-13-9/h1-2,5H,3-4,6H2. The van der Waals surface area contributed by atoms with Gasteiger partial charge in [0.15, 0.2) is 17.3 Å². The molecule has 0 spiro atoms. The summed E-state index contributed by atoms with van der Waals surface area (Å²) in [5, 5.41) is 0. The van der Waals surface area contributed by atoms with Gasteiger partial charge in [0.25, 0.3) is 0 Å². The van der Waals surface area contributed by atoms with Gasteiger partial charge in [0.1, 0.15) is 13.2 Å². The molecule has 0 unspecified atom stereocenters. The Labute approximate surface area is 95.5 Å². The van der Waals surface area contributed by atoms with Crippen molar-refractivity contribution in [2.75, 3.05) is 17.6 Å². The van der Waals surface area contributed by atoms with Gasteiger partial charge in [0.2, 0.25) is 0 Å². The summed E-state index contributed by atoms with van der Waals surface area (Å²) in [4.78, 5) is 11.4. The molecule has 0 amide bonds. The maximum atomic E-state index is 11.4. The quantitative estimate of drug-likeness (QED) is 0.477. The van der Waals surface area contributed by atoms with E-state index in [1.54, 1.807) is 18.2 Å². The number of benzene rings is 1. The van der Waals surface area contributed by atoms with Crippen LogP contribution in [0.25, 0.3) is 0 Å². The molecule has 1 aromatic rings. The second-order valence-corrected chi connectivity index (χ2v) is 3.68. The summed E-state index contributed by atoms with van der Waals surface area (Å²) in [5.74, 6) is 1.51. The number of hydrogen-bond donors (Lipinski definition) is 0. The Morgan fingerprint density at radius 1 is 1.29 bits per heavy atom. The van der Waals surface area contributed by atoms with E-state index < -0.39 is 0 Å². The Morgan fingerprint density at radius 3 is 2.71 bits per heavy atom. The van der Waals surface area contributed by atoms with Gasteiger partial charge in [-0.05, 0) is 18.2 Å². The third kappa shape index (κ3) is 1.84. The highest BCUT2D eigenvalue weighted by Crippen LogP contribution is 2.30. The second-order valence-electron chi connectivity index (χ2n) is 2.92. The number of ketones is 1. The molecule has 0 atom stereocenters. The average Bonchev–Trinajstić information content (AvgIpc) is 2.27. The molecule has 74 valence electrons. The zero-order valence-corrected chi connectivity index (χ0v) is 9.61. The van der Waals surface area contributed by atoms with E-state index in [0.717, 1.165) is 5.75 Å². The zero-order valence-electron chi connectivity index (χ0n) is 7.46. The molecule has 14 heavy (non-hydrogen) atoms. The van der Waals surface area contributed by atoms with E-state index in [1.807, 2.05) is 0 Å². The van der Waals surface area contributed by atoms with Gasteiger partial charge in [-0.25, -0.2) is 0 Å². The molecule has 1 heterocycles. The van der Waals surface area contributed by atoms with Gasteiger partial charge in [0, 0.05) is 5.56 Å². The molecule has 4 heteroatoms. The summed E-state index contributed by atoms with van der Waals surface area (Å²) >= 11 is 2.05. The highest BCUT2D eigenvalue weighted by molar-refractivity contribution is 14.1. The fraction of sp³-hybridized carbons (Fsp3) is 0.300. The summed E-state index contributed by atoms with van der Waals surface area (Å²) in [6.45, 7) is 1.13. The van der Waals surface area contributed by atoms with Crippen LogP contribution < -0.4 is 9.47 Å². The Kier molecular flexibility index (Phi) is 2.90. The van der Waals surface area contributed by atoms with Crippen LogP contribution in [0.4, 0.5) is 0 Å². The van der Waals surface area contributed by atoms with Gasteiger partial charge in [-0.1, -0.05) is 22.6 Å². The Hall–Kier alpha value is -0.780. The summed E-state index contributed by atoms with van der Waals surface area (Å²) < 4.78 is 11.2. The predicted octanol–water partition coefficient (Wildman–Crippen LogP) is 2.08. The van der Waals surface area contributed by atoms with Crippen molar-refractivity contribution >= 4 is 28.4 Å². The maximum Gasteiger partial charge on any atom is 0.172 e. The molecule has 1 aromatic carbocycles. The van der Waals surface area contributed by atoms with Crippen LogP contribution >= 0.6 is 22.6 Å². The van der Waals surface area contributed by atoms with Crippen molar-refractivity contribution in [3.05, 3.63) is 23.8 Å². The first kappa shape index (κ1) is 9.76. The van der Waals surface area contributed by atoms with Crippen molar-refractivity contribution in [2.45, 2.75) is 0 Å². The van der Waals surface area contributed by atoms with E-state index in [0.29, 0.717) is 29.0 Å². The lowest BCUT2D eigenvalue weighted by Crippen LogP contribution is -2.15. The van der Waals surface area contributed by atoms with Crippen LogP contribution in [0, 0.1) is 0 Å². The molecule has 0 aromatic heterocycles. The molecule has 2 rings (SSSR count). The molecular formula is C10H9IO3. The Bertz CT molecular complexity index is 362. The van der Waals surface area contributed by atoms with Gasteiger partial charge >= 0.3 is 0 Å². The van der Waals surface area contributed by atoms with E-state index >= 15 is 0 Å². The average molecular weight is 304 g/mol. The molecular weight excluding hydrogens is 295 g/mol. The van der Waals surface area contributed by atoms with Crippen LogP contribution in [0.15, 0.2) is 18.2 Å². The largest absolute Gasteiger partial charge is 0.486 e. The third-order valence-electron chi connectivity index (χ3n) is 1.99. The first-order valence-corrected chi connectivity index (χ1v) is 5.82. The normalized spacial score (nSPS) is 13.8. The van der Waals surface area contributed by atoms with E-state index in [9.17, 15) is 4.79 Å². The van der Waals surface area contributed by atoms with E-state index in [1.165, 1.54) is 0 Å². The first-order chi connectivity index (χ1) is 6.81. The van der Waals surface area contributed by atoms with Crippen molar-refractivity contribution in [3.63, 3.8) is 0 Å². The van der Waals surface area contributed by atoms with Crippen LogP contribution in [0.5, 0.6) is 11.5 Å². The van der Waals surface area contributed by atoms with Crippen LogP contribution in [0.2, 0.25) is 0 Å². The number of carbonyl (C=O) groups excluding carboxylic acids is 1. The number of halogens is 1. The number of fused-ring (bicyclic) bond motifs is 1. The van der Waals surface area contributed by atoms with Gasteiger partial charge in [-0.3, -0.25) is 4.79 Å². The van der Waals surface area contributed by atoms with Crippen LogP contribution in [-0.2, 0) is 0 Å². The highest BCUT2D eigenvalue weighted by Gasteiger charge is 2.13. The molecule has 3 nitrogen and oxygen atoms in total. The smallest absolute Gasteiger partial charge is 0.172 e. The SMILES string of the molecule is O=C(CI)c1ccc2c(c1)OCCO2. The fourth-order valence-electron chi connectivity index (χ4n) is 1.29. The van der Waals surface area contributed by atoms with Crippen molar-refractivity contribution in [3.8, 4) is 11.5 Å². The van der Waals surface area contributed by atoms with Crippen LogP contribution in [-0.4, -0.2) is 23.4 Å². The zero-order chi connectivity index (χ0) is 9.97. The number of Topliss-reactive ketones (excluding diaryl/α,β-unsaturated/α-hetero) is 1. The van der Waals surface area contributed by atoms with Crippen molar-refractivity contribution < 1.29 is 14.3 Å². The molecule has 1 aliphatic heterocycles. The Morgan fingerprint density at radius 2 is 2.00 bits per heavy atom. The van der Waals surface area contributed by atoms with E-state index in [-0.39, 0.29) is 5.78 Å². The van der Waals surface area contributed by atoms with E-state index in [4.69, 9.17) is 9.47 Å². The number of alkyl halides is 1. The fourth-order valence-corrected chi connectivity index (χ4v) is 1.73. The van der Waals surface area contributed by atoms with Crippen molar-refractivity contribution in [1.29, 1.82) is 0 Å². The third-order valence-corrected chi connectivity index (χ3v) is 2.68. The maximum absolute atomic E-state index is 11.4. The number of rotatable bonds is 2. The highest BCUT2D eigenvalue weighted by atomic mass is 127. The van der Waals surface area contributed by atoms with Crippen LogP contribution in [0.3, 0.4) is 0 Å². The number of ether oxygens (including phenoxy) is 2.